The molecule has 0 fully saturated rings. The van der Waals surface area contributed by atoms with Gasteiger partial charge in [0.1, 0.15) is 5.82 Å². The van der Waals surface area contributed by atoms with Crippen molar-refractivity contribution in [3.63, 3.8) is 0 Å². The first-order chi connectivity index (χ1) is 6.18. The van der Waals surface area contributed by atoms with Crippen LogP contribution in [0, 0.1) is 0 Å². The van der Waals surface area contributed by atoms with Crippen LogP contribution < -0.4 is 5.32 Å². The molecule has 0 aliphatic rings. The van der Waals surface area contributed by atoms with Crippen molar-refractivity contribution in [2.45, 2.75) is 0 Å². The summed E-state index contributed by atoms with van der Waals surface area (Å²) in [5.74, 6) is 0.913. The molecule has 0 saturated carbocycles. The molecule has 1 heterocycles. The summed E-state index contributed by atoms with van der Waals surface area (Å²) in [5, 5.41) is 3.23. The molecule has 0 bridgehead atoms. The average Bonchev–Trinajstić information content (AvgIpc) is 2.03. The van der Waals surface area contributed by atoms with Crippen LogP contribution in [0.2, 0.25) is 0 Å². The van der Waals surface area contributed by atoms with Gasteiger partial charge in [0.15, 0.2) is 0 Å². The Kier molecular flexibility index (Phi) is 4.18. The molecule has 1 aromatic rings. The number of halogens is 1. The molecule has 0 atom stereocenters. The van der Waals surface area contributed by atoms with Crippen LogP contribution in [0.4, 0.5) is 5.82 Å². The number of nitrogens with one attached hydrogen (secondary N) is 1. The van der Waals surface area contributed by atoms with Crippen LogP contribution in [0.5, 0.6) is 0 Å². The molecule has 1 aromatic heterocycles. The van der Waals surface area contributed by atoms with Crippen molar-refractivity contribution in [1.82, 2.24) is 9.88 Å². The van der Waals surface area contributed by atoms with E-state index in [0.717, 1.165) is 23.4 Å². The van der Waals surface area contributed by atoms with Crippen LogP contribution in [-0.4, -0.2) is 37.1 Å². The van der Waals surface area contributed by atoms with Crippen LogP contribution in [0.1, 0.15) is 0 Å². The van der Waals surface area contributed by atoms with Gasteiger partial charge in [-0.15, -0.1) is 0 Å². The van der Waals surface area contributed by atoms with Gasteiger partial charge in [-0.25, -0.2) is 4.98 Å². The van der Waals surface area contributed by atoms with Crippen LogP contribution in [0.15, 0.2) is 22.8 Å². The van der Waals surface area contributed by atoms with Gasteiger partial charge < -0.3 is 10.2 Å². The number of hydrogen-bond donors (Lipinski definition) is 1. The van der Waals surface area contributed by atoms with E-state index in [4.69, 9.17) is 0 Å². The average molecular weight is 244 g/mol. The molecule has 0 aromatic carbocycles. The lowest BCUT2D eigenvalue weighted by molar-refractivity contribution is 0.425. The zero-order valence-corrected chi connectivity index (χ0v) is 9.50. The fourth-order valence-corrected chi connectivity index (χ4v) is 1.24. The van der Waals surface area contributed by atoms with Gasteiger partial charge >= 0.3 is 0 Å². The van der Waals surface area contributed by atoms with Gasteiger partial charge in [-0.2, -0.15) is 0 Å². The van der Waals surface area contributed by atoms with Gasteiger partial charge in [0.2, 0.25) is 0 Å². The molecule has 4 heteroatoms. The molecule has 0 unspecified atom stereocenters. The maximum Gasteiger partial charge on any atom is 0.127 e. The quantitative estimate of drug-likeness (QED) is 0.875. The van der Waals surface area contributed by atoms with Gasteiger partial charge in [-0.3, -0.25) is 0 Å². The molecule has 1 N–H and O–H groups in total. The van der Waals surface area contributed by atoms with Gasteiger partial charge in [-0.05, 0) is 26.2 Å². The van der Waals surface area contributed by atoms with Crippen molar-refractivity contribution < 1.29 is 0 Å². The van der Waals surface area contributed by atoms with Crippen molar-refractivity contribution >= 4 is 21.7 Å². The van der Waals surface area contributed by atoms with Gasteiger partial charge in [0.05, 0.1) is 0 Å². The second-order valence-electron chi connectivity index (χ2n) is 3.09. The van der Waals surface area contributed by atoms with Crippen molar-refractivity contribution in [3.8, 4) is 0 Å². The Morgan fingerprint density at radius 3 is 2.92 bits per heavy atom. The molecule has 13 heavy (non-hydrogen) atoms. The molecule has 1 rings (SSSR count). The van der Waals surface area contributed by atoms with Crippen LogP contribution >= 0.6 is 15.9 Å². The molecule has 72 valence electrons. The molecule has 0 aliphatic carbocycles. The first-order valence-electron chi connectivity index (χ1n) is 4.18. The number of pyridine rings is 1. The highest BCUT2D eigenvalue weighted by Gasteiger charge is 1.94. The zero-order valence-electron chi connectivity index (χ0n) is 7.92. The third-order valence-electron chi connectivity index (χ3n) is 1.59. The van der Waals surface area contributed by atoms with E-state index in [9.17, 15) is 0 Å². The zero-order chi connectivity index (χ0) is 9.68. The Morgan fingerprint density at radius 1 is 1.54 bits per heavy atom. The normalized spacial score (nSPS) is 10.5. The predicted octanol–water partition coefficient (Wildman–Crippen LogP) is 1.82. The fraction of sp³-hybridized carbons (Fsp3) is 0.444. The maximum absolute atomic E-state index is 4.18. The Balaban J connectivity index is 2.37. The van der Waals surface area contributed by atoms with E-state index in [1.165, 1.54) is 0 Å². The number of aromatic nitrogens is 1. The van der Waals surface area contributed by atoms with Crippen molar-refractivity contribution in [3.05, 3.63) is 22.8 Å². The summed E-state index contributed by atoms with van der Waals surface area (Å²) in [6, 6.07) is 3.88. The minimum absolute atomic E-state index is 0.913. The minimum atomic E-state index is 0.913. The molecule has 0 radical (unpaired) electrons. The van der Waals surface area contributed by atoms with Gasteiger partial charge in [-0.1, -0.05) is 15.9 Å². The number of nitrogens with zero attached hydrogens (tertiary/aromatic N) is 2. The third kappa shape index (κ3) is 4.24. The monoisotopic (exact) mass is 243 g/mol. The largest absolute Gasteiger partial charge is 0.369 e. The molecular formula is C9H14BrN3. The number of anilines is 1. The highest BCUT2D eigenvalue weighted by molar-refractivity contribution is 9.10. The van der Waals surface area contributed by atoms with Crippen molar-refractivity contribution in [1.29, 1.82) is 0 Å². The van der Waals surface area contributed by atoms with E-state index in [1.54, 1.807) is 6.20 Å². The molecule has 0 spiro atoms. The smallest absolute Gasteiger partial charge is 0.127 e. The lowest BCUT2D eigenvalue weighted by Gasteiger charge is -2.10. The molecule has 0 amide bonds. The van der Waals surface area contributed by atoms with E-state index in [0.29, 0.717) is 0 Å². The van der Waals surface area contributed by atoms with Crippen LogP contribution in [-0.2, 0) is 0 Å². The van der Waals surface area contributed by atoms with E-state index in [2.05, 4.69) is 45.2 Å². The third-order valence-corrected chi connectivity index (χ3v) is 2.08. The highest BCUT2D eigenvalue weighted by Crippen LogP contribution is 2.11. The second kappa shape index (κ2) is 5.19. The lowest BCUT2D eigenvalue weighted by Crippen LogP contribution is -2.21. The fourth-order valence-electron chi connectivity index (χ4n) is 0.909. The number of likely N-dealkylation sites (N-methyl/N-ethyl adjacent to an activating group) is 1. The van der Waals surface area contributed by atoms with E-state index in [1.807, 2.05) is 12.1 Å². The van der Waals surface area contributed by atoms with Crippen LogP contribution in [0.25, 0.3) is 0 Å². The van der Waals surface area contributed by atoms with E-state index >= 15 is 0 Å². The Bertz CT molecular complexity index is 263. The molecule has 0 saturated heterocycles. The van der Waals surface area contributed by atoms with Crippen LogP contribution in [0.3, 0.4) is 0 Å². The SMILES string of the molecule is CN(C)CCNc1cc(Br)ccn1. The molecule has 3 nitrogen and oxygen atoms in total. The summed E-state index contributed by atoms with van der Waals surface area (Å²) in [4.78, 5) is 6.31. The maximum atomic E-state index is 4.18. The first kappa shape index (κ1) is 10.5. The van der Waals surface area contributed by atoms with E-state index in [-0.39, 0.29) is 0 Å². The lowest BCUT2D eigenvalue weighted by atomic mass is 10.4. The predicted molar refractivity (Wildman–Crippen MR) is 59.0 cm³/mol. The molecular weight excluding hydrogens is 230 g/mol. The standard InChI is InChI=1S/C9H14BrN3/c1-13(2)6-5-12-9-7-8(10)3-4-11-9/h3-4,7H,5-6H2,1-2H3,(H,11,12). The summed E-state index contributed by atoms with van der Waals surface area (Å²) < 4.78 is 1.05. The Labute approximate surface area is 87.3 Å². The summed E-state index contributed by atoms with van der Waals surface area (Å²) in [7, 11) is 4.10. The summed E-state index contributed by atoms with van der Waals surface area (Å²) in [6.07, 6.45) is 1.78. The topological polar surface area (TPSA) is 28.2 Å². The summed E-state index contributed by atoms with van der Waals surface area (Å²) in [5.41, 5.74) is 0. The summed E-state index contributed by atoms with van der Waals surface area (Å²) >= 11 is 3.39. The van der Waals surface area contributed by atoms with Crippen molar-refractivity contribution in [2.75, 3.05) is 32.5 Å². The van der Waals surface area contributed by atoms with Gasteiger partial charge in [0, 0.05) is 23.8 Å². The number of rotatable bonds is 4. The Hall–Kier alpha value is -0.610. The number of hydrogen-bond acceptors (Lipinski definition) is 3. The second-order valence-corrected chi connectivity index (χ2v) is 4.01. The highest BCUT2D eigenvalue weighted by atomic mass is 79.9. The van der Waals surface area contributed by atoms with Crippen molar-refractivity contribution in [2.24, 2.45) is 0 Å². The minimum Gasteiger partial charge on any atom is -0.369 e. The Morgan fingerprint density at radius 2 is 2.31 bits per heavy atom. The first-order valence-corrected chi connectivity index (χ1v) is 4.98. The van der Waals surface area contributed by atoms with Gasteiger partial charge in [0.25, 0.3) is 0 Å². The molecule has 0 aliphatic heterocycles. The van der Waals surface area contributed by atoms with E-state index < -0.39 is 0 Å². The summed E-state index contributed by atoms with van der Waals surface area (Å²) in [6.45, 7) is 1.92.